The normalized spacial score (nSPS) is 27.6. The summed E-state index contributed by atoms with van der Waals surface area (Å²) in [7, 11) is 2.19. The van der Waals surface area contributed by atoms with E-state index < -0.39 is 0 Å². The summed E-state index contributed by atoms with van der Waals surface area (Å²) in [5.74, 6) is -0.193. The number of esters is 1. The van der Waals surface area contributed by atoms with Gasteiger partial charge in [-0.15, -0.1) is 12.4 Å². The van der Waals surface area contributed by atoms with Gasteiger partial charge in [0.05, 0.1) is 5.56 Å². The summed E-state index contributed by atoms with van der Waals surface area (Å²) in [4.78, 5) is 18.0. The number of carbonyl (C=O) groups excluding carboxylic acids is 1. The summed E-state index contributed by atoms with van der Waals surface area (Å²) >= 11 is 0. The molecule has 2 aromatic rings. The first-order valence-corrected chi connectivity index (χ1v) is 7.71. The number of rotatable bonds is 2. The highest BCUT2D eigenvalue weighted by molar-refractivity contribution is 6.04. The molecule has 1 aromatic carbocycles. The van der Waals surface area contributed by atoms with Crippen molar-refractivity contribution in [2.75, 3.05) is 7.05 Å². The molecule has 4 rings (SSSR count). The van der Waals surface area contributed by atoms with Crippen LogP contribution in [0.15, 0.2) is 30.5 Å². The first-order valence-electron chi connectivity index (χ1n) is 7.71. The highest BCUT2D eigenvalue weighted by Crippen LogP contribution is 2.35. The maximum absolute atomic E-state index is 12.4. The van der Waals surface area contributed by atoms with Gasteiger partial charge in [0.2, 0.25) is 0 Å². The topological polar surface area (TPSA) is 45.3 Å². The molecule has 0 aliphatic carbocycles. The Balaban J connectivity index is 0.00000144. The molecule has 2 aliphatic rings. The highest BCUT2D eigenvalue weighted by Gasteiger charge is 2.40. The van der Waals surface area contributed by atoms with Gasteiger partial charge in [0.1, 0.15) is 6.10 Å². The van der Waals surface area contributed by atoms with Crippen molar-refractivity contribution in [3.8, 4) is 0 Å². The Morgan fingerprint density at radius 1 is 1.23 bits per heavy atom. The van der Waals surface area contributed by atoms with Gasteiger partial charge in [0, 0.05) is 42.0 Å². The number of piperidine rings is 1. The number of ether oxygens (including phenoxy) is 1. The Bertz CT molecular complexity index is 670. The summed E-state index contributed by atoms with van der Waals surface area (Å²) in [6, 6.07) is 9.02. The van der Waals surface area contributed by atoms with Crippen molar-refractivity contribution < 1.29 is 9.53 Å². The lowest BCUT2D eigenvalue weighted by atomic mass is 10.0. The molecule has 0 radical (unpaired) electrons. The van der Waals surface area contributed by atoms with Gasteiger partial charge in [-0.3, -0.25) is 0 Å². The highest BCUT2D eigenvalue weighted by atomic mass is 35.5. The second-order valence-corrected chi connectivity index (χ2v) is 6.30. The molecule has 22 heavy (non-hydrogen) atoms. The summed E-state index contributed by atoms with van der Waals surface area (Å²) in [6.45, 7) is 0. The van der Waals surface area contributed by atoms with E-state index in [9.17, 15) is 4.79 Å². The molecule has 2 bridgehead atoms. The molecular formula is C17H21ClN2O2. The minimum atomic E-state index is -0.193. The predicted molar refractivity (Wildman–Crippen MR) is 88.6 cm³/mol. The van der Waals surface area contributed by atoms with Gasteiger partial charge in [-0.1, -0.05) is 18.2 Å². The lowest BCUT2D eigenvalue weighted by molar-refractivity contribution is -0.000258. The second kappa shape index (κ2) is 5.94. The largest absolute Gasteiger partial charge is 0.459 e. The first kappa shape index (κ1) is 15.4. The number of carbonyl (C=O) groups is 1. The van der Waals surface area contributed by atoms with Crippen LogP contribution in [0.5, 0.6) is 0 Å². The van der Waals surface area contributed by atoms with Crippen molar-refractivity contribution in [1.82, 2.24) is 9.88 Å². The van der Waals surface area contributed by atoms with Crippen molar-refractivity contribution in [2.24, 2.45) is 0 Å². The summed E-state index contributed by atoms with van der Waals surface area (Å²) in [6.07, 6.45) is 6.25. The molecule has 0 amide bonds. The van der Waals surface area contributed by atoms with E-state index in [0.717, 1.165) is 23.7 Å². The Labute approximate surface area is 136 Å². The first-order chi connectivity index (χ1) is 10.2. The number of hydrogen-bond donors (Lipinski definition) is 1. The summed E-state index contributed by atoms with van der Waals surface area (Å²) < 4.78 is 5.79. The Kier molecular flexibility index (Phi) is 4.15. The van der Waals surface area contributed by atoms with Gasteiger partial charge < -0.3 is 14.6 Å². The zero-order valence-corrected chi connectivity index (χ0v) is 13.4. The third-order valence-corrected chi connectivity index (χ3v) is 5.14. The van der Waals surface area contributed by atoms with Crippen LogP contribution < -0.4 is 0 Å². The number of aromatic nitrogens is 1. The van der Waals surface area contributed by atoms with Crippen LogP contribution in [0.4, 0.5) is 0 Å². The Morgan fingerprint density at radius 3 is 2.64 bits per heavy atom. The van der Waals surface area contributed by atoms with Crippen molar-refractivity contribution in [3.63, 3.8) is 0 Å². The van der Waals surface area contributed by atoms with E-state index in [1.165, 1.54) is 12.8 Å². The maximum Gasteiger partial charge on any atom is 0.340 e. The fourth-order valence-electron chi connectivity index (χ4n) is 3.91. The number of nitrogens with zero attached hydrogens (tertiary/aromatic N) is 1. The van der Waals surface area contributed by atoms with E-state index in [-0.39, 0.29) is 24.5 Å². The number of halogens is 1. The second-order valence-electron chi connectivity index (χ2n) is 6.30. The van der Waals surface area contributed by atoms with Crippen LogP contribution in [0.3, 0.4) is 0 Å². The smallest absolute Gasteiger partial charge is 0.340 e. The molecule has 118 valence electrons. The Hall–Kier alpha value is -1.52. The minimum Gasteiger partial charge on any atom is -0.459 e. The van der Waals surface area contributed by atoms with Crippen molar-refractivity contribution in [2.45, 2.75) is 43.9 Å². The van der Waals surface area contributed by atoms with Gasteiger partial charge >= 0.3 is 5.97 Å². The molecule has 0 saturated carbocycles. The number of nitrogens with one attached hydrogen (secondary N) is 1. The molecule has 3 heterocycles. The van der Waals surface area contributed by atoms with E-state index >= 15 is 0 Å². The number of aromatic amines is 1. The standard InChI is InChI=1S/C17H20N2O2.ClH/c1-19-11-6-7-12(19)9-13(8-11)21-17(20)15-10-18-16-5-3-2-4-14(15)16;/h2-5,10-13,18H,6-9H2,1H3;1H/t11-,12-;/m1./s1. The van der Waals surface area contributed by atoms with Gasteiger partial charge in [-0.2, -0.15) is 0 Å². The van der Waals surface area contributed by atoms with E-state index in [4.69, 9.17) is 4.74 Å². The van der Waals surface area contributed by atoms with Crippen LogP contribution in [0.25, 0.3) is 10.9 Å². The van der Waals surface area contributed by atoms with Crippen LogP contribution in [0, 0.1) is 0 Å². The lowest BCUT2D eigenvalue weighted by Gasteiger charge is -2.35. The fourth-order valence-corrected chi connectivity index (χ4v) is 3.91. The molecule has 0 spiro atoms. The van der Waals surface area contributed by atoms with Crippen molar-refractivity contribution in [3.05, 3.63) is 36.0 Å². The minimum absolute atomic E-state index is 0. The molecule has 5 heteroatoms. The molecule has 2 atom stereocenters. The van der Waals surface area contributed by atoms with Gasteiger partial charge in [0.15, 0.2) is 0 Å². The average molecular weight is 321 g/mol. The van der Waals surface area contributed by atoms with Crippen LogP contribution in [0.1, 0.15) is 36.0 Å². The van der Waals surface area contributed by atoms with E-state index in [0.29, 0.717) is 17.6 Å². The third kappa shape index (κ3) is 2.50. The van der Waals surface area contributed by atoms with Gasteiger partial charge in [-0.25, -0.2) is 4.79 Å². The summed E-state index contributed by atoms with van der Waals surface area (Å²) in [5, 5.41) is 0.943. The van der Waals surface area contributed by atoms with Crippen LogP contribution >= 0.6 is 12.4 Å². The predicted octanol–water partition coefficient (Wildman–Crippen LogP) is 3.37. The molecule has 1 aromatic heterocycles. The molecule has 4 nitrogen and oxygen atoms in total. The molecule has 0 unspecified atom stereocenters. The van der Waals surface area contributed by atoms with Gasteiger partial charge in [0.25, 0.3) is 0 Å². The fraction of sp³-hybridized carbons (Fsp3) is 0.471. The summed E-state index contributed by atoms with van der Waals surface area (Å²) in [5.41, 5.74) is 1.63. The number of fused-ring (bicyclic) bond motifs is 3. The number of H-pyrrole nitrogens is 1. The molecular weight excluding hydrogens is 300 g/mol. The lowest BCUT2D eigenvalue weighted by Crippen LogP contribution is -2.43. The molecule has 2 aliphatic heterocycles. The molecule has 1 N–H and O–H groups in total. The SMILES string of the molecule is CN1[C@@H]2CC[C@@H]1CC(OC(=O)c1c[nH]c3ccccc13)C2.Cl. The number of para-hydroxylation sites is 1. The van der Waals surface area contributed by atoms with E-state index in [1.54, 1.807) is 6.20 Å². The molecule has 2 fully saturated rings. The van der Waals surface area contributed by atoms with Crippen LogP contribution in [-0.2, 0) is 4.74 Å². The van der Waals surface area contributed by atoms with Crippen molar-refractivity contribution in [1.29, 1.82) is 0 Å². The average Bonchev–Trinajstić information content (AvgIpc) is 2.98. The number of benzene rings is 1. The van der Waals surface area contributed by atoms with E-state index in [1.807, 2.05) is 24.3 Å². The van der Waals surface area contributed by atoms with E-state index in [2.05, 4.69) is 16.9 Å². The van der Waals surface area contributed by atoms with Gasteiger partial charge in [-0.05, 0) is 26.0 Å². The Morgan fingerprint density at radius 2 is 1.91 bits per heavy atom. The molecule has 2 saturated heterocycles. The maximum atomic E-state index is 12.4. The van der Waals surface area contributed by atoms with Crippen LogP contribution in [0.2, 0.25) is 0 Å². The van der Waals surface area contributed by atoms with Crippen LogP contribution in [-0.4, -0.2) is 41.1 Å². The zero-order chi connectivity index (χ0) is 14.4. The number of hydrogen-bond acceptors (Lipinski definition) is 3. The third-order valence-electron chi connectivity index (χ3n) is 5.14. The quantitative estimate of drug-likeness (QED) is 0.863. The zero-order valence-electron chi connectivity index (χ0n) is 12.6. The monoisotopic (exact) mass is 320 g/mol. The van der Waals surface area contributed by atoms with Crippen molar-refractivity contribution >= 4 is 29.3 Å².